The molecule has 4 rings (SSSR count). The van der Waals surface area contributed by atoms with Gasteiger partial charge in [0.15, 0.2) is 11.0 Å². The molecule has 0 unspecified atom stereocenters. The van der Waals surface area contributed by atoms with Crippen LogP contribution in [0.15, 0.2) is 70.4 Å². The predicted octanol–water partition coefficient (Wildman–Crippen LogP) is 5.59. The number of anilines is 1. The lowest BCUT2D eigenvalue weighted by molar-refractivity contribution is -0.113. The molecule has 0 aliphatic rings. The number of amides is 1. The quantitative estimate of drug-likeness (QED) is 0.370. The highest BCUT2D eigenvalue weighted by atomic mass is 35.5. The standard InChI is InChI=1S/C23H21ClN4O2S/c1-15-5-3-7-20(16(15)2)25-21(29)14-31-23-27-26-22(17-8-10-18(24)11-9-17)28(23)13-19-6-4-12-30-19/h3-12H,13-14H2,1-2H3,(H,25,29). The summed E-state index contributed by atoms with van der Waals surface area (Å²) >= 11 is 7.36. The zero-order valence-electron chi connectivity index (χ0n) is 17.1. The van der Waals surface area contributed by atoms with E-state index in [2.05, 4.69) is 15.5 Å². The number of nitrogens with zero attached hydrogens (tertiary/aromatic N) is 3. The first kappa shape index (κ1) is 21.2. The fourth-order valence-corrected chi connectivity index (χ4v) is 3.98. The lowest BCUT2D eigenvalue weighted by atomic mass is 10.1. The number of nitrogens with one attached hydrogen (secondary N) is 1. The van der Waals surface area contributed by atoms with E-state index in [1.807, 2.05) is 73.0 Å². The van der Waals surface area contributed by atoms with Crippen LogP contribution >= 0.6 is 23.4 Å². The van der Waals surface area contributed by atoms with Crippen LogP contribution in [0.25, 0.3) is 11.4 Å². The summed E-state index contributed by atoms with van der Waals surface area (Å²) in [4.78, 5) is 12.6. The Morgan fingerprint density at radius 2 is 1.90 bits per heavy atom. The summed E-state index contributed by atoms with van der Waals surface area (Å²) in [5, 5.41) is 13.0. The van der Waals surface area contributed by atoms with Crippen LogP contribution in [0.1, 0.15) is 16.9 Å². The van der Waals surface area contributed by atoms with Crippen molar-refractivity contribution in [1.29, 1.82) is 0 Å². The Morgan fingerprint density at radius 1 is 1.10 bits per heavy atom. The zero-order chi connectivity index (χ0) is 21.8. The molecule has 158 valence electrons. The van der Waals surface area contributed by atoms with Gasteiger partial charge in [-0.3, -0.25) is 9.36 Å². The lowest BCUT2D eigenvalue weighted by Crippen LogP contribution is -2.15. The van der Waals surface area contributed by atoms with Crippen LogP contribution in [0.3, 0.4) is 0 Å². The van der Waals surface area contributed by atoms with Gasteiger partial charge in [-0.05, 0) is 67.4 Å². The van der Waals surface area contributed by atoms with Crippen LogP contribution < -0.4 is 5.32 Å². The fraction of sp³-hybridized carbons (Fsp3) is 0.174. The van der Waals surface area contributed by atoms with Gasteiger partial charge in [0.2, 0.25) is 5.91 Å². The average Bonchev–Trinajstić information content (AvgIpc) is 3.41. The van der Waals surface area contributed by atoms with Gasteiger partial charge in [0, 0.05) is 16.3 Å². The zero-order valence-corrected chi connectivity index (χ0v) is 18.7. The second-order valence-corrected chi connectivity index (χ2v) is 8.44. The van der Waals surface area contributed by atoms with Crippen molar-refractivity contribution in [3.05, 3.63) is 82.8 Å². The second kappa shape index (κ2) is 9.41. The van der Waals surface area contributed by atoms with E-state index in [4.69, 9.17) is 16.0 Å². The largest absolute Gasteiger partial charge is 0.467 e. The highest BCUT2D eigenvalue weighted by molar-refractivity contribution is 7.99. The van der Waals surface area contributed by atoms with Crippen LogP contribution in [0.2, 0.25) is 5.02 Å². The lowest BCUT2D eigenvalue weighted by Gasteiger charge is -2.11. The van der Waals surface area contributed by atoms with Gasteiger partial charge in [-0.25, -0.2) is 0 Å². The Morgan fingerprint density at radius 3 is 2.65 bits per heavy atom. The van der Waals surface area contributed by atoms with Crippen LogP contribution in [0, 0.1) is 13.8 Å². The molecule has 0 saturated carbocycles. The number of furan rings is 1. The van der Waals surface area contributed by atoms with Crippen molar-refractivity contribution in [2.45, 2.75) is 25.5 Å². The summed E-state index contributed by atoms with van der Waals surface area (Å²) in [6.07, 6.45) is 1.63. The molecule has 0 saturated heterocycles. The van der Waals surface area contributed by atoms with Gasteiger partial charge in [-0.15, -0.1) is 10.2 Å². The Hall–Kier alpha value is -3.03. The number of hydrogen-bond donors (Lipinski definition) is 1. The Balaban J connectivity index is 1.54. The SMILES string of the molecule is Cc1cccc(NC(=O)CSc2nnc(-c3ccc(Cl)cc3)n2Cc2ccco2)c1C. The van der Waals surface area contributed by atoms with Crippen molar-refractivity contribution in [3.63, 3.8) is 0 Å². The number of benzene rings is 2. The number of aryl methyl sites for hydroxylation is 1. The molecule has 1 N–H and O–H groups in total. The van der Waals surface area contributed by atoms with Crippen molar-refractivity contribution in [3.8, 4) is 11.4 Å². The number of halogens is 1. The molecule has 31 heavy (non-hydrogen) atoms. The molecule has 4 aromatic rings. The first-order valence-corrected chi connectivity index (χ1v) is 11.1. The molecule has 0 spiro atoms. The molecule has 2 heterocycles. The molecule has 0 fully saturated rings. The van der Waals surface area contributed by atoms with Gasteiger partial charge in [0.25, 0.3) is 0 Å². The third-order valence-electron chi connectivity index (χ3n) is 4.92. The summed E-state index contributed by atoms with van der Waals surface area (Å²) < 4.78 is 7.46. The number of aromatic nitrogens is 3. The Bertz CT molecular complexity index is 1190. The van der Waals surface area contributed by atoms with E-state index in [0.29, 0.717) is 22.5 Å². The van der Waals surface area contributed by atoms with E-state index in [1.165, 1.54) is 11.8 Å². The molecule has 2 aromatic heterocycles. The van der Waals surface area contributed by atoms with Crippen molar-refractivity contribution in [2.75, 3.05) is 11.1 Å². The Labute approximate surface area is 189 Å². The number of thioether (sulfide) groups is 1. The number of carbonyl (C=O) groups is 1. The van der Waals surface area contributed by atoms with E-state index >= 15 is 0 Å². The van der Waals surface area contributed by atoms with Crippen LogP contribution in [-0.2, 0) is 11.3 Å². The van der Waals surface area contributed by atoms with Gasteiger partial charge in [0.05, 0.1) is 18.6 Å². The number of carbonyl (C=O) groups excluding carboxylic acids is 1. The summed E-state index contributed by atoms with van der Waals surface area (Å²) in [5.41, 5.74) is 3.91. The molecule has 2 aromatic carbocycles. The van der Waals surface area contributed by atoms with Gasteiger partial charge >= 0.3 is 0 Å². The first-order chi connectivity index (χ1) is 15.0. The molecule has 0 aliphatic heterocycles. The molecule has 0 bridgehead atoms. The summed E-state index contributed by atoms with van der Waals surface area (Å²) in [5.74, 6) is 1.58. The van der Waals surface area contributed by atoms with E-state index in [9.17, 15) is 4.79 Å². The average molecular weight is 453 g/mol. The first-order valence-electron chi connectivity index (χ1n) is 9.71. The topological polar surface area (TPSA) is 73.0 Å². The van der Waals surface area contributed by atoms with Gasteiger partial charge < -0.3 is 9.73 Å². The Kier molecular flexibility index (Phi) is 6.44. The van der Waals surface area contributed by atoms with Crippen LogP contribution in [0.5, 0.6) is 0 Å². The smallest absolute Gasteiger partial charge is 0.234 e. The monoisotopic (exact) mass is 452 g/mol. The minimum Gasteiger partial charge on any atom is -0.467 e. The van der Waals surface area contributed by atoms with Crippen LogP contribution in [-0.4, -0.2) is 26.4 Å². The van der Waals surface area contributed by atoms with Crippen molar-refractivity contribution in [2.24, 2.45) is 0 Å². The van der Waals surface area contributed by atoms with Gasteiger partial charge in [0.1, 0.15) is 5.76 Å². The van der Waals surface area contributed by atoms with E-state index in [1.54, 1.807) is 6.26 Å². The fourth-order valence-electron chi connectivity index (χ4n) is 3.11. The number of hydrogen-bond acceptors (Lipinski definition) is 5. The van der Waals surface area contributed by atoms with E-state index in [0.717, 1.165) is 28.1 Å². The van der Waals surface area contributed by atoms with Gasteiger partial charge in [-0.2, -0.15) is 0 Å². The predicted molar refractivity (Wildman–Crippen MR) is 124 cm³/mol. The minimum atomic E-state index is -0.0979. The summed E-state index contributed by atoms with van der Waals surface area (Å²) in [6.45, 7) is 4.48. The van der Waals surface area contributed by atoms with Gasteiger partial charge in [-0.1, -0.05) is 35.5 Å². The molecule has 0 atom stereocenters. The summed E-state index contributed by atoms with van der Waals surface area (Å²) in [6, 6.07) is 17.0. The number of rotatable bonds is 7. The normalized spacial score (nSPS) is 10.9. The molecule has 8 heteroatoms. The van der Waals surface area contributed by atoms with Crippen molar-refractivity contribution in [1.82, 2.24) is 14.8 Å². The van der Waals surface area contributed by atoms with Crippen molar-refractivity contribution >= 4 is 35.0 Å². The highest BCUT2D eigenvalue weighted by Gasteiger charge is 2.17. The minimum absolute atomic E-state index is 0.0979. The maximum atomic E-state index is 12.6. The molecule has 1 amide bonds. The summed E-state index contributed by atoms with van der Waals surface area (Å²) in [7, 11) is 0. The molecule has 0 aliphatic carbocycles. The van der Waals surface area contributed by atoms with Crippen LogP contribution in [0.4, 0.5) is 5.69 Å². The van der Waals surface area contributed by atoms with Crippen molar-refractivity contribution < 1.29 is 9.21 Å². The molecule has 0 radical (unpaired) electrons. The van der Waals surface area contributed by atoms with E-state index < -0.39 is 0 Å². The maximum absolute atomic E-state index is 12.6. The molecular formula is C23H21ClN4O2S. The third kappa shape index (κ3) is 5.00. The maximum Gasteiger partial charge on any atom is 0.234 e. The third-order valence-corrected chi connectivity index (χ3v) is 6.14. The molecule has 6 nitrogen and oxygen atoms in total. The highest BCUT2D eigenvalue weighted by Crippen LogP contribution is 2.27. The second-order valence-electron chi connectivity index (χ2n) is 7.06. The molecular weight excluding hydrogens is 432 g/mol. The van der Waals surface area contributed by atoms with E-state index in [-0.39, 0.29) is 11.7 Å².